The van der Waals surface area contributed by atoms with Gasteiger partial charge >= 0.3 is 0 Å². The highest BCUT2D eigenvalue weighted by atomic mass is 16.2. The van der Waals surface area contributed by atoms with Gasteiger partial charge in [-0.2, -0.15) is 0 Å². The van der Waals surface area contributed by atoms with Crippen LogP contribution in [0, 0.1) is 23.2 Å². The SMILES string of the molecule is NC(=O)C(NNC(=O)CC12CC3CC(CC(C3)C1)C2)c1ccccc1. The molecule has 4 N–H and O–H groups in total. The summed E-state index contributed by atoms with van der Waals surface area (Å²) in [7, 11) is 0. The second-order valence-electron chi connectivity index (χ2n) is 8.53. The topological polar surface area (TPSA) is 84.2 Å². The number of carbonyl (C=O) groups excluding carboxylic acids is 2. The van der Waals surface area contributed by atoms with E-state index < -0.39 is 11.9 Å². The standard InChI is InChI=1S/C20H27N3O2/c21-19(25)18(16-4-2-1-3-5-16)23-22-17(24)12-20-9-13-6-14(10-20)8-15(7-13)11-20/h1-5,13-15,18,23H,6-12H2,(H2,21,25)(H,22,24). The Balaban J connectivity index is 1.37. The van der Waals surface area contributed by atoms with Crippen molar-refractivity contribution in [3.8, 4) is 0 Å². The lowest BCUT2D eigenvalue weighted by Gasteiger charge is -2.56. The van der Waals surface area contributed by atoms with E-state index in [0.29, 0.717) is 6.42 Å². The predicted octanol–water partition coefficient (Wildman–Crippen LogP) is 2.44. The van der Waals surface area contributed by atoms with Gasteiger partial charge in [-0.3, -0.25) is 15.0 Å². The third-order valence-corrected chi connectivity index (χ3v) is 6.47. The molecule has 5 nitrogen and oxygen atoms in total. The summed E-state index contributed by atoms with van der Waals surface area (Å²) >= 11 is 0. The molecule has 134 valence electrons. The first-order valence-corrected chi connectivity index (χ1v) is 9.42. The summed E-state index contributed by atoms with van der Waals surface area (Å²) in [6, 6.07) is 8.53. The smallest absolute Gasteiger partial charge is 0.240 e. The number of hydrazine groups is 1. The van der Waals surface area contributed by atoms with Crippen molar-refractivity contribution in [2.75, 3.05) is 0 Å². The molecule has 1 aromatic rings. The van der Waals surface area contributed by atoms with E-state index in [2.05, 4.69) is 10.9 Å². The summed E-state index contributed by atoms with van der Waals surface area (Å²) in [6.07, 6.45) is 8.27. The zero-order valence-electron chi connectivity index (χ0n) is 14.5. The Labute approximate surface area is 148 Å². The van der Waals surface area contributed by atoms with E-state index >= 15 is 0 Å². The average molecular weight is 341 g/mol. The molecule has 4 aliphatic rings. The van der Waals surface area contributed by atoms with Gasteiger partial charge < -0.3 is 5.73 Å². The Morgan fingerprint density at radius 1 is 1.04 bits per heavy atom. The summed E-state index contributed by atoms with van der Waals surface area (Å²) in [4.78, 5) is 24.3. The highest BCUT2D eigenvalue weighted by Gasteiger charge is 2.51. The third-order valence-electron chi connectivity index (χ3n) is 6.47. The van der Waals surface area contributed by atoms with Crippen molar-refractivity contribution in [2.45, 2.75) is 51.0 Å². The summed E-state index contributed by atoms with van der Waals surface area (Å²) in [6.45, 7) is 0. The predicted molar refractivity (Wildman–Crippen MR) is 94.9 cm³/mol. The van der Waals surface area contributed by atoms with Crippen LogP contribution in [0.2, 0.25) is 0 Å². The van der Waals surface area contributed by atoms with Crippen molar-refractivity contribution < 1.29 is 9.59 Å². The van der Waals surface area contributed by atoms with Crippen LogP contribution in [-0.4, -0.2) is 11.8 Å². The van der Waals surface area contributed by atoms with Crippen molar-refractivity contribution in [1.82, 2.24) is 10.9 Å². The van der Waals surface area contributed by atoms with Crippen LogP contribution in [0.3, 0.4) is 0 Å². The largest absolute Gasteiger partial charge is 0.368 e. The van der Waals surface area contributed by atoms with Crippen LogP contribution in [0.15, 0.2) is 30.3 Å². The van der Waals surface area contributed by atoms with Gasteiger partial charge in [-0.25, -0.2) is 5.43 Å². The Morgan fingerprint density at radius 3 is 2.12 bits per heavy atom. The van der Waals surface area contributed by atoms with E-state index in [1.54, 1.807) is 0 Å². The zero-order chi connectivity index (χ0) is 17.4. The fourth-order valence-electron chi connectivity index (χ4n) is 6.01. The molecule has 5 rings (SSSR count). The molecular formula is C20H27N3O2. The maximum atomic E-state index is 12.6. The van der Waals surface area contributed by atoms with Crippen LogP contribution >= 0.6 is 0 Å². The molecule has 1 unspecified atom stereocenters. The van der Waals surface area contributed by atoms with Crippen LogP contribution in [0.1, 0.15) is 56.6 Å². The van der Waals surface area contributed by atoms with Gasteiger partial charge in [0.05, 0.1) is 0 Å². The monoisotopic (exact) mass is 341 g/mol. The average Bonchev–Trinajstić information content (AvgIpc) is 2.54. The van der Waals surface area contributed by atoms with Gasteiger partial charge in [0, 0.05) is 6.42 Å². The molecule has 0 saturated heterocycles. The number of hydrogen-bond acceptors (Lipinski definition) is 3. The normalized spacial score (nSPS) is 33.8. The maximum Gasteiger partial charge on any atom is 0.240 e. The van der Waals surface area contributed by atoms with Crippen LogP contribution < -0.4 is 16.6 Å². The summed E-state index contributed by atoms with van der Waals surface area (Å²) < 4.78 is 0. The van der Waals surface area contributed by atoms with Gasteiger partial charge in [-0.15, -0.1) is 0 Å². The Bertz CT molecular complexity index is 623. The summed E-state index contributed by atoms with van der Waals surface area (Å²) in [5, 5.41) is 0. The van der Waals surface area contributed by atoms with Crippen molar-refractivity contribution in [3.63, 3.8) is 0 Å². The number of nitrogens with one attached hydrogen (secondary N) is 2. The van der Waals surface area contributed by atoms with E-state index in [1.807, 2.05) is 30.3 Å². The van der Waals surface area contributed by atoms with Crippen LogP contribution in [0.5, 0.6) is 0 Å². The minimum absolute atomic E-state index is 0.0240. The molecule has 0 aliphatic heterocycles. The van der Waals surface area contributed by atoms with Crippen LogP contribution in [0.4, 0.5) is 0 Å². The van der Waals surface area contributed by atoms with Gasteiger partial charge in [0.15, 0.2) is 0 Å². The summed E-state index contributed by atoms with van der Waals surface area (Å²) in [5.74, 6) is 1.96. The van der Waals surface area contributed by atoms with Gasteiger partial charge in [0.25, 0.3) is 0 Å². The second-order valence-corrected chi connectivity index (χ2v) is 8.53. The quantitative estimate of drug-likeness (QED) is 0.695. The molecule has 1 atom stereocenters. The van der Waals surface area contributed by atoms with Gasteiger partial charge in [0.2, 0.25) is 11.8 Å². The minimum atomic E-state index is -0.707. The summed E-state index contributed by atoms with van der Waals surface area (Å²) in [5.41, 5.74) is 12.0. The lowest BCUT2D eigenvalue weighted by atomic mass is 9.49. The first-order chi connectivity index (χ1) is 12.0. The molecule has 0 radical (unpaired) electrons. The van der Waals surface area contributed by atoms with Crippen LogP contribution in [-0.2, 0) is 9.59 Å². The van der Waals surface area contributed by atoms with Crippen molar-refractivity contribution in [2.24, 2.45) is 28.9 Å². The fraction of sp³-hybridized carbons (Fsp3) is 0.600. The van der Waals surface area contributed by atoms with E-state index in [1.165, 1.54) is 38.5 Å². The van der Waals surface area contributed by atoms with Crippen LogP contribution in [0.25, 0.3) is 0 Å². The number of rotatable bonds is 6. The molecule has 0 heterocycles. The molecule has 4 saturated carbocycles. The zero-order valence-corrected chi connectivity index (χ0v) is 14.5. The van der Waals surface area contributed by atoms with E-state index in [-0.39, 0.29) is 11.3 Å². The fourth-order valence-corrected chi connectivity index (χ4v) is 6.01. The number of carbonyl (C=O) groups is 2. The van der Waals surface area contributed by atoms with E-state index in [0.717, 1.165) is 23.3 Å². The highest BCUT2D eigenvalue weighted by molar-refractivity contribution is 5.82. The van der Waals surface area contributed by atoms with E-state index in [9.17, 15) is 9.59 Å². The molecule has 5 heteroatoms. The molecule has 4 bridgehead atoms. The highest BCUT2D eigenvalue weighted by Crippen LogP contribution is 2.61. The number of primary amides is 1. The molecular weight excluding hydrogens is 314 g/mol. The molecule has 4 aliphatic carbocycles. The first-order valence-electron chi connectivity index (χ1n) is 9.42. The first kappa shape index (κ1) is 16.6. The van der Waals surface area contributed by atoms with Crippen molar-refractivity contribution in [3.05, 3.63) is 35.9 Å². The molecule has 0 spiro atoms. The lowest BCUT2D eigenvalue weighted by molar-refractivity contribution is -0.131. The van der Waals surface area contributed by atoms with Crippen molar-refractivity contribution >= 4 is 11.8 Å². The Morgan fingerprint density at radius 2 is 1.60 bits per heavy atom. The second kappa shape index (κ2) is 6.45. The number of nitrogens with two attached hydrogens (primary N) is 1. The number of hydrogen-bond donors (Lipinski definition) is 3. The van der Waals surface area contributed by atoms with Gasteiger partial charge in [0.1, 0.15) is 6.04 Å². The van der Waals surface area contributed by atoms with Gasteiger partial charge in [-0.05, 0) is 67.3 Å². The van der Waals surface area contributed by atoms with E-state index in [4.69, 9.17) is 5.73 Å². The molecule has 0 aromatic heterocycles. The Hall–Kier alpha value is -1.88. The number of benzene rings is 1. The maximum absolute atomic E-state index is 12.6. The molecule has 25 heavy (non-hydrogen) atoms. The minimum Gasteiger partial charge on any atom is -0.368 e. The van der Waals surface area contributed by atoms with Crippen molar-refractivity contribution in [1.29, 1.82) is 0 Å². The molecule has 4 fully saturated rings. The lowest BCUT2D eigenvalue weighted by Crippen LogP contribution is -2.50. The Kier molecular flexibility index (Phi) is 4.28. The van der Waals surface area contributed by atoms with Gasteiger partial charge in [-0.1, -0.05) is 30.3 Å². The molecule has 1 aromatic carbocycles. The third kappa shape index (κ3) is 3.43. The molecule has 2 amide bonds. The number of amides is 2.